The molecule has 5 heteroatoms. The van der Waals surface area contributed by atoms with Crippen molar-refractivity contribution in [2.24, 2.45) is 0 Å². The Morgan fingerprint density at radius 2 is 1.83 bits per heavy atom. The van der Waals surface area contributed by atoms with Crippen molar-refractivity contribution in [3.8, 4) is 0 Å². The summed E-state index contributed by atoms with van der Waals surface area (Å²) in [6, 6.07) is 5.03. The van der Waals surface area contributed by atoms with Gasteiger partial charge in [-0.05, 0) is 30.7 Å². The summed E-state index contributed by atoms with van der Waals surface area (Å²) in [6.45, 7) is 1.93. The van der Waals surface area contributed by atoms with Gasteiger partial charge in [-0.25, -0.2) is 13.2 Å². The van der Waals surface area contributed by atoms with Gasteiger partial charge in [0.25, 0.3) is 0 Å². The van der Waals surface area contributed by atoms with Crippen molar-refractivity contribution >= 4 is 17.1 Å². The number of carbonyl (C=O) groups is 1. The Labute approximate surface area is 106 Å². The molecule has 0 spiro atoms. The Hall–Kier alpha value is -1.62. The molecule has 0 radical (unpaired) electrons. The molecular formula is C13H9F3OS. The zero-order valence-electron chi connectivity index (χ0n) is 9.47. The van der Waals surface area contributed by atoms with Crippen molar-refractivity contribution in [2.45, 2.75) is 13.3 Å². The van der Waals surface area contributed by atoms with Crippen molar-refractivity contribution in [1.29, 1.82) is 0 Å². The normalized spacial score (nSPS) is 10.7. The number of carbonyl (C=O) groups excluding carboxylic acids is 1. The van der Waals surface area contributed by atoms with Crippen LogP contribution in [0, 0.1) is 17.5 Å². The predicted octanol–water partition coefficient (Wildman–Crippen LogP) is 3.96. The highest BCUT2D eigenvalue weighted by Gasteiger charge is 2.20. The van der Waals surface area contributed by atoms with Crippen molar-refractivity contribution in [1.82, 2.24) is 0 Å². The molecule has 0 N–H and O–H groups in total. The first-order valence-electron chi connectivity index (χ1n) is 5.31. The number of aryl methyl sites for hydroxylation is 1. The van der Waals surface area contributed by atoms with E-state index in [4.69, 9.17) is 0 Å². The number of hydrogen-bond donors (Lipinski definition) is 0. The minimum Gasteiger partial charge on any atom is -0.288 e. The Bertz CT molecular complexity index is 604. The molecule has 0 saturated heterocycles. The van der Waals surface area contributed by atoms with Gasteiger partial charge in [-0.3, -0.25) is 4.79 Å². The van der Waals surface area contributed by atoms with Gasteiger partial charge < -0.3 is 0 Å². The maximum absolute atomic E-state index is 13.5. The molecule has 1 nitrogen and oxygen atoms in total. The van der Waals surface area contributed by atoms with Gasteiger partial charge >= 0.3 is 0 Å². The molecule has 1 aromatic carbocycles. The van der Waals surface area contributed by atoms with E-state index in [1.165, 1.54) is 11.3 Å². The lowest BCUT2D eigenvalue weighted by molar-refractivity contribution is 0.103. The quantitative estimate of drug-likeness (QED) is 0.609. The molecule has 94 valence electrons. The van der Waals surface area contributed by atoms with Crippen LogP contribution in [0.1, 0.15) is 27.0 Å². The highest BCUT2D eigenvalue weighted by molar-refractivity contribution is 7.14. The van der Waals surface area contributed by atoms with Gasteiger partial charge in [0.1, 0.15) is 0 Å². The molecule has 1 aromatic heterocycles. The van der Waals surface area contributed by atoms with Crippen LogP contribution in [-0.2, 0) is 6.42 Å². The van der Waals surface area contributed by atoms with Gasteiger partial charge in [-0.1, -0.05) is 6.92 Å². The Balaban J connectivity index is 2.43. The van der Waals surface area contributed by atoms with Crippen molar-refractivity contribution in [3.05, 3.63) is 57.0 Å². The van der Waals surface area contributed by atoms with Crippen LogP contribution in [-0.4, -0.2) is 5.78 Å². The van der Waals surface area contributed by atoms with Crippen LogP contribution in [0.5, 0.6) is 0 Å². The number of ketones is 1. The summed E-state index contributed by atoms with van der Waals surface area (Å²) >= 11 is 1.22. The van der Waals surface area contributed by atoms with Gasteiger partial charge in [0.2, 0.25) is 5.78 Å². The van der Waals surface area contributed by atoms with Crippen molar-refractivity contribution in [3.63, 3.8) is 0 Å². The van der Waals surface area contributed by atoms with E-state index in [2.05, 4.69) is 0 Å². The van der Waals surface area contributed by atoms with E-state index >= 15 is 0 Å². The summed E-state index contributed by atoms with van der Waals surface area (Å²) < 4.78 is 39.3. The molecule has 0 aliphatic rings. The number of benzene rings is 1. The topological polar surface area (TPSA) is 17.1 Å². The van der Waals surface area contributed by atoms with Gasteiger partial charge in [-0.15, -0.1) is 11.3 Å². The zero-order valence-corrected chi connectivity index (χ0v) is 10.3. The first kappa shape index (κ1) is 12.8. The van der Waals surface area contributed by atoms with Crippen LogP contribution in [0.4, 0.5) is 13.2 Å². The van der Waals surface area contributed by atoms with Crippen LogP contribution < -0.4 is 0 Å². The monoisotopic (exact) mass is 270 g/mol. The van der Waals surface area contributed by atoms with Gasteiger partial charge in [0.15, 0.2) is 17.5 Å². The van der Waals surface area contributed by atoms with E-state index in [1.54, 1.807) is 12.1 Å². The molecule has 2 aromatic rings. The minimum absolute atomic E-state index is 0.316. The summed E-state index contributed by atoms with van der Waals surface area (Å²) in [5.74, 6) is -4.99. The average Bonchev–Trinajstić information content (AvgIpc) is 2.84. The fourth-order valence-corrected chi connectivity index (χ4v) is 2.43. The average molecular weight is 270 g/mol. The molecule has 1 heterocycles. The molecule has 0 fully saturated rings. The van der Waals surface area contributed by atoms with Crippen LogP contribution >= 0.6 is 11.3 Å². The molecule has 0 aliphatic heterocycles. The first-order chi connectivity index (χ1) is 8.54. The molecule has 0 saturated carbocycles. The smallest absolute Gasteiger partial charge is 0.206 e. The van der Waals surface area contributed by atoms with Crippen LogP contribution in [0.15, 0.2) is 24.3 Å². The van der Waals surface area contributed by atoms with E-state index in [9.17, 15) is 18.0 Å². The van der Waals surface area contributed by atoms with E-state index < -0.39 is 28.8 Å². The van der Waals surface area contributed by atoms with Gasteiger partial charge in [0, 0.05) is 4.88 Å². The van der Waals surface area contributed by atoms with E-state index in [0.29, 0.717) is 4.88 Å². The summed E-state index contributed by atoms with van der Waals surface area (Å²) in [5.41, 5.74) is -0.446. The van der Waals surface area contributed by atoms with Gasteiger partial charge in [-0.2, -0.15) is 0 Å². The second kappa shape index (κ2) is 4.94. The lowest BCUT2D eigenvalue weighted by atomic mass is 10.1. The first-order valence-corrected chi connectivity index (χ1v) is 6.13. The summed E-state index contributed by atoms with van der Waals surface area (Å²) in [5, 5.41) is 0. The maximum Gasteiger partial charge on any atom is 0.206 e. The molecule has 0 unspecified atom stereocenters. The van der Waals surface area contributed by atoms with E-state index in [1.807, 2.05) is 6.92 Å². The zero-order chi connectivity index (χ0) is 13.3. The fraction of sp³-hybridized carbons (Fsp3) is 0.154. The molecule has 0 atom stereocenters. The Morgan fingerprint density at radius 1 is 1.11 bits per heavy atom. The molecule has 0 amide bonds. The highest BCUT2D eigenvalue weighted by atomic mass is 32.1. The summed E-state index contributed by atoms with van der Waals surface area (Å²) in [4.78, 5) is 13.2. The molecule has 0 aliphatic carbocycles. The number of rotatable bonds is 3. The third-order valence-electron chi connectivity index (χ3n) is 2.51. The molecule has 18 heavy (non-hydrogen) atoms. The molecule has 2 rings (SSSR count). The Kier molecular flexibility index (Phi) is 3.52. The number of hydrogen-bond acceptors (Lipinski definition) is 2. The van der Waals surface area contributed by atoms with Crippen LogP contribution in [0.3, 0.4) is 0 Å². The van der Waals surface area contributed by atoms with Crippen molar-refractivity contribution in [2.75, 3.05) is 0 Å². The van der Waals surface area contributed by atoms with Gasteiger partial charge in [0.05, 0.1) is 10.4 Å². The van der Waals surface area contributed by atoms with E-state index in [0.717, 1.165) is 23.4 Å². The lowest BCUT2D eigenvalue weighted by Crippen LogP contribution is -2.05. The number of thiophene rings is 1. The molecule has 0 bridgehead atoms. The van der Waals surface area contributed by atoms with Crippen LogP contribution in [0.2, 0.25) is 0 Å². The van der Waals surface area contributed by atoms with Crippen LogP contribution in [0.25, 0.3) is 0 Å². The molecular weight excluding hydrogens is 261 g/mol. The summed E-state index contributed by atoms with van der Waals surface area (Å²) in [7, 11) is 0. The third kappa shape index (κ3) is 2.18. The predicted molar refractivity (Wildman–Crippen MR) is 63.4 cm³/mol. The minimum atomic E-state index is -1.62. The standard InChI is InChI=1S/C13H9F3OS/c1-2-7-3-6-10(18-7)13(17)8-4-5-9(14)12(16)11(8)15/h3-6H,2H2,1H3. The largest absolute Gasteiger partial charge is 0.288 e. The Morgan fingerprint density at radius 3 is 2.44 bits per heavy atom. The summed E-state index contributed by atoms with van der Waals surface area (Å²) in [6.07, 6.45) is 0.762. The second-order valence-corrected chi connectivity index (χ2v) is 4.84. The maximum atomic E-state index is 13.5. The second-order valence-electron chi connectivity index (χ2n) is 3.67. The fourth-order valence-electron chi connectivity index (χ4n) is 1.52. The van der Waals surface area contributed by atoms with E-state index in [-0.39, 0.29) is 0 Å². The van der Waals surface area contributed by atoms with Crippen molar-refractivity contribution < 1.29 is 18.0 Å². The SMILES string of the molecule is CCc1ccc(C(=O)c2ccc(F)c(F)c2F)s1. The third-order valence-corrected chi connectivity index (χ3v) is 3.74. The lowest BCUT2D eigenvalue weighted by Gasteiger charge is -2.02. The highest BCUT2D eigenvalue weighted by Crippen LogP contribution is 2.23. The number of halogens is 3.